The highest BCUT2D eigenvalue weighted by atomic mass is 32.1. The van der Waals surface area contributed by atoms with Crippen molar-refractivity contribution in [1.82, 2.24) is 5.32 Å². The molecule has 1 aliphatic heterocycles. The smallest absolute Gasteiger partial charge is 0.344 e. The molecule has 0 saturated carbocycles. The number of aliphatic carboxylic acids is 1. The van der Waals surface area contributed by atoms with Crippen molar-refractivity contribution in [2.24, 2.45) is 0 Å². The van der Waals surface area contributed by atoms with E-state index in [9.17, 15) is 19.5 Å². The van der Waals surface area contributed by atoms with Gasteiger partial charge >= 0.3 is 5.97 Å². The minimum absolute atomic E-state index is 0.0250. The van der Waals surface area contributed by atoms with Gasteiger partial charge in [0.1, 0.15) is 5.57 Å². The van der Waals surface area contributed by atoms with Crippen LogP contribution in [0.3, 0.4) is 0 Å². The highest BCUT2D eigenvalue weighted by molar-refractivity contribution is 7.80. The Kier molecular flexibility index (Phi) is 6.89. The molecule has 1 aliphatic rings. The van der Waals surface area contributed by atoms with Crippen molar-refractivity contribution < 1.29 is 29.0 Å². The molecule has 3 rings (SSSR count). The lowest BCUT2D eigenvalue weighted by molar-refractivity contribution is -0.144. The summed E-state index contributed by atoms with van der Waals surface area (Å²) in [6.07, 6.45) is 0.994. The van der Waals surface area contributed by atoms with Gasteiger partial charge in [-0.05, 0) is 55.4 Å². The van der Waals surface area contributed by atoms with E-state index in [2.05, 4.69) is 5.32 Å². The van der Waals surface area contributed by atoms with Gasteiger partial charge < -0.3 is 14.6 Å². The van der Waals surface area contributed by atoms with E-state index in [1.807, 2.05) is 19.1 Å². The fourth-order valence-corrected chi connectivity index (χ4v) is 3.37. The lowest BCUT2D eigenvalue weighted by atomic mass is 10.0. The highest BCUT2D eigenvalue weighted by Crippen LogP contribution is 2.34. The molecule has 1 heterocycles. The van der Waals surface area contributed by atoms with Crippen LogP contribution in [0.1, 0.15) is 25.0 Å². The number of rotatable bonds is 7. The van der Waals surface area contributed by atoms with Gasteiger partial charge in [-0.1, -0.05) is 31.2 Å². The van der Waals surface area contributed by atoms with Gasteiger partial charge in [0.25, 0.3) is 11.8 Å². The number of aryl methyl sites for hydroxylation is 1. The molecule has 9 heteroatoms. The molecule has 2 amide bonds. The highest BCUT2D eigenvalue weighted by Gasteiger charge is 2.35. The average Bonchev–Trinajstić information content (AvgIpc) is 2.77. The molecular formula is C23H22N2O6S. The van der Waals surface area contributed by atoms with Crippen LogP contribution in [-0.4, -0.2) is 41.2 Å². The van der Waals surface area contributed by atoms with Crippen molar-refractivity contribution in [3.8, 4) is 11.5 Å². The SMILES string of the molecule is CCc1ccc(N2C(=O)/C(=C/c3cccc(OC)c3O[C@H](C)C(=O)O)C(=O)NC2=S)cc1. The van der Waals surface area contributed by atoms with Crippen LogP contribution in [0.25, 0.3) is 6.08 Å². The Bertz CT molecular complexity index is 1110. The van der Waals surface area contributed by atoms with Crippen LogP contribution in [0.15, 0.2) is 48.0 Å². The fraction of sp³-hybridized carbons (Fsp3) is 0.217. The second-order valence-electron chi connectivity index (χ2n) is 6.95. The number of hydrogen-bond donors (Lipinski definition) is 2. The summed E-state index contributed by atoms with van der Waals surface area (Å²) in [6, 6.07) is 12.1. The quantitative estimate of drug-likeness (QED) is 0.376. The molecule has 1 atom stereocenters. The number of ether oxygens (including phenoxy) is 2. The topological polar surface area (TPSA) is 105 Å². The van der Waals surface area contributed by atoms with Crippen molar-refractivity contribution >= 4 is 46.9 Å². The molecule has 2 aromatic carbocycles. The number of nitrogens with zero attached hydrogens (tertiary/aromatic N) is 1. The van der Waals surface area contributed by atoms with Crippen LogP contribution in [0.2, 0.25) is 0 Å². The zero-order chi connectivity index (χ0) is 23.4. The van der Waals surface area contributed by atoms with Crippen molar-refractivity contribution in [2.75, 3.05) is 12.0 Å². The van der Waals surface area contributed by atoms with E-state index < -0.39 is 23.9 Å². The Morgan fingerprint density at radius 1 is 1.22 bits per heavy atom. The van der Waals surface area contributed by atoms with Crippen molar-refractivity contribution in [1.29, 1.82) is 0 Å². The number of nitrogens with one attached hydrogen (secondary N) is 1. The van der Waals surface area contributed by atoms with Crippen LogP contribution in [-0.2, 0) is 20.8 Å². The maximum Gasteiger partial charge on any atom is 0.344 e. The number of carboxylic acid groups (broad SMARTS) is 1. The lowest BCUT2D eigenvalue weighted by Gasteiger charge is -2.29. The van der Waals surface area contributed by atoms with Crippen LogP contribution in [0.5, 0.6) is 11.5 Å². The van der Waals surface area contributed by atoms with Crippen molar-refractivity contribution in [3.63, 3.8) is 0 Å². The number of amides is 2. The third-order valence-electron chi connectivity index (χ3n) is 4.88. The molecule has 0 bridgehead atoms. The Hall–Kier alpha value is -3.72. The number of benzene rings is 2. The normalized spacial score (nSPS) is 16.0. The Labute approximate surface area is 190 Å². The second-order valence-corrected chi connectivity index (χ2v) is 7.34. The minimum atomic E-state index is -1.18. The molecule has 1 saturated heterocycles. The van der Waals surface area contributed by atoms with Crippen molar-refractivity contribution in [3.05, 3.63) is 59.2 Å². The number of thiocarbonyl (C=S) groups is 1. The maximum atomic E-state index is 13.2. The molecule has 1 fully saturated rings. The summed E-state index contributed by atoms with van der Waals surface area (Å²) >= 11 is 5.23. The first-order valence-electron chi connectivity index (χ1n) is 9.83. The lowest BCUT2D eigenvalue weighted by Crippen LogP contribution is -2.54. The molecule has 32 heavy (non-hydrogen) atoms. The van der Waals surface area contributed by atoms with Gasteiger partial charge in [0.05, 0.1) is 12.8 Å². The van der Waals surface area contributed by atoms with Gasteiger partial charge in [-0.2, -0.15) is 0 Å². The van der Waals surface area contributed by atoms with Crippen LogP contribution in [0, 0.1) is 0 Å². The Morgan fingerprint density at radius 3 is 2.50 bits per heavy atom. The van der Waals surface area contributed by atoms with E-state index >= 15 is 0 Å². The largest absolute Gasteiger partial charge is 0.493 e. The molecule has 2 N–H and O–H groups in total. The number of carboxylic acids is 1. The third kappa shape index (κ3) is 4.62. The van der Waals surface area contributed by atoms with Crippen LogP contribution in [0.4, 0.5) is 5.69 Å². The zero-order valence-electron chi connectivity index (χ0n) is 17.7. The van der Waals surface area contributed by atoms with E-state index in [4.69, 9.17) is 21.7 Å². The van der Waals surface area contributed by atoms with Gasteiger partial charge in [0.2, 0.25) is 0 Å². The number of hydrogen-bond acceptors (Lipinski definition) is 6. The summed E-state index contributed by atoms with van der Waals surface area (Å²) in [5, 5.41) is 11.7. The van der Waals surface area contributed by atoms with Crippen molar-refractivity contribution in [2.45, 2.75) is 26.4 Å². The van der Waals surface area contributed by atoms with E-state index in [0.29, 0.717) is 11.3 Å². The molecule has 0 aliphatic carbocycles. The van der Waals surface area contributed by atoms with Gasteiger partial charge in [0.15, 0.2) is 22.7 Å². The summed E-state index contributed by atoms with van der Waals surface area (Å²) in [5.74, 6) is -2.08. The van der Waals surface area contributed by atoms with E-state index in [1.54, 1.807) is 30.3 Å². The third-order valence-corrected chi connectivity index (χ3v) is 5.16. The molecule has 0 aromatic heterocycles. The van der Waals surface area contributed by atoms with E-state index in [-0.39, 0.29) is 22.2 Å². The number of methoxy groups -OCH3 is 1. The molecule has 0 unspecified atom stereocenters. The standard InChI is InChI=1S/C23H22N2O6S/c1-4-14-8-10-16(11-9-14)25-21(27)17(20(26)24-23(25)32)12-15-6-5-7-18(30-3)19(15)31-13(2)22(28)29/h5-13H,4H2,1-3H3,(H,28,29)(H,24,26,32)/b17-12+/t13-/m1/s1. The summed E-state index contributed by atoms with van der Waals surface area (Å²) < 4.78 is 10.8. The summed E-state index contributed by atoms with van der Waals surface area (Å²) in [5.41, 5.74) is 1.74. The van der Waals surface area contributed by atoms with E-state index in [0.717, 1.165) is 12.0 Å². The first kappa shape index (κ1) is 23.0. The summed E-state index contributed by atoms with van der Waals surface area (Å²) in [6.45, 7) is 3.38. The monoisotopic (exact) mass is 454 g/mol. The van der Waals surface area contributed by atoms with Crippen LogP contribution >= 0.6 is 12.2 Å². The van der Waals surface area contributed by atoms with Gasteiger partial charge in [-0.3, -0.25) is 19.8 Å². The minimum Gasteiger partial charge on any atom is -0.493 e. The number of para-hydroxylation sites is 1. The predicted molar refractivity (Wildman–Crippen MR) is 123 cm³/mol. The molecule has 8 nitrogen and oxygen atoms in total. The number of anilines is 1. The average molecular weight is 455 g/mol. The fourth-order valence-electron chi connectivity index (χ4n) is 3.09. The van der Waals surface area contributed by atoms with Crippen LogP contribution < -0.4 is 19.7 Å². The van der Waals surface area contributed by atoms with Gasteiger partial charge in [-0.15, -0.1) is 0 Å². The summed E-state index contributed by atoms with van der Waals surface area (Å²) in [4.78, 5) is 38.4. The number of carbonyl (C=O) groups is 3. The molecule has 2 aromatic rings. The zero-order valence-corrected chi connectivity index (χ0v) is 18.6. The number of carbonyl (C=O) groups excluding carboxylic acids is 2. The first-order valence-corrected chi connectivity index (χ1v) is 10.2. The Balaban J connectivity index is 2.05. The molecule has 0 spiro atoms. The molecular weight excluding hydrogens is 432 g/mol. The summed E-state index contributed by atoms with van der Waals surface area (Å²) in [7, 11) is 1.41. The molecule has 166 valence electrons. The van der Waals surface area contributed by atoms with E-state index in [1.165, 1.54) is 25.0 Å². The maximum absolute atomic E-state index is 13.2. The Morgan fingerprint density at radius 2 is 1.91 bits per heavy atom. The first-order chi connectivity index (χ1) is 15.3. The molecule has 0 radical (unpaired) electrons. The van der Waals surface area contributed by atoms with Gasteiger partial charge in [0, 0.05) is 5.56 Å². The van der Waals surface area contributed by atoms with Gasteiger partial charge in [-0.25, -0.2) is 4.79 Å². The second kappa shape index (κ2) is 9.61. The predicted octanol–water partition coefficient (Wildman–Crippen LogP) is 2.94.